The van der Waals surface area contributed by atoms with Crippen LogP contribution in [0.15, 0.2) is 46.0 Å². The largest absolute Gasteiger partial charge is 0.456 e. The topological polar surface area (TPSA) is 122 Å². The Morgan fingerprint density at radius 3 is 2.85 bits per heavy atom. The molecule has 1 fully saturated rings. The maximum Gasteiger partial charge on any atom is 0.290 e. The molecule has 3 N–H and O–H groups in total. The van der Waals surface area contributed by atoms with Gasteiger partial charge in [-0.3, -0.25) is 19.9 Å². The first kappa shape index (κ1) is 15.9. The highest BCUT2D eigenvalue weighted by Crippen LogP contribution is 2.33. The maximum atomic E-state index is 11.7. The van der Waals surface area contributed by atoms with Crippen LogP contribution in [0.4, 0.5) is 10.5 Å². The number of hydrogen-bond donors (Lipinski definition) is 2. The van der Waals surface area contributed by atoms with Crippen molar-refractivity contribution in [3.05, 3.63) is 52.9 Å². The number of imide groups is 1. The first-order chi connectivity index (χ1) is 12.5. The minimum atomic E-state index is -0.448. The molecule has 1 aromatic carbocycles. The van der Waals surface area contributed by atoms with Crippen molar-refractivity contribution in [1.29, 1.82) is 5.26 Å². The van der Waals surface area contributed by atoms with E-state index >= 15 is 0 Å². The third-order valence-corrected chi connectivity index (χ3v) is 4.65. The summed E-state index contributed by atoms with van der Waals surface area (Å²) in [5.41, 5.74) is 8.54. The van der Waals surface area contributed by atoms with Crippen LogP contribution in [0, 0.1) is 11.3 Å². The molecule has 1 aliphatic rings. The lowest BCUT2D eigenvalue weighted by Crippen LogP contribution is -2.17. The number of carbonyl (C=O) groups excluding carboxylic acids is 2. The number of furan rings is 1. The molecule has 2 aromatic heterocycles. The molecule has 126 valence electrons. The van der Waals surface area contributed by atoms with Crippen molar-refractivity contribution in [1.82, 2.24) is 10.3 Å². The van der Waals surface area contributed by atoms with Gasteiger partial charge in [0, 0.05) is 35.1 Å². The van der Waals surface area contributed by atoms with E-state index < -0.39 is 11.1 Å². The molecule has 8 heteroatoms. The second-order valence-corrected chi connectivity index (χ2v) is 6.53. The Morgan fingerprint density at radius 2 is 2.12 bits per heavy atom. The van der Waals surface area contributed by atoms with Crippen molar-refractivity contribution < 1.29 is 14.0 Å². The van der Waals surface area contributed by atoms with Crippen LogP contribution in [0.5, 0.6) is 0 Å². The number of nitrogens with two attached hydrogens (primary N) is 1. The molecule has 0 unspecified atom stereocenters. The van der Waals surface area contributed by atoms with E-state index in [1.807, 2.05) is 0 Å². The van der Waals surface area contributed by atoms with Crippen molar-refractivity contribution >= 4 is 45.6 Å². The fourth-order valence-electron chi connectivity index (χ4n) is 2.63. The average molecular weight is 362 g/mol. The zero-order valence-electron chi connectivity index (χ0n) is 13.1. The molecule has 3 heterocycles. The third kappa shape index (κ3) is 2.70. The summed E-state index contributed by atoms with van der Waals surface area (Å²) >= 11 is 0.821. The molecule has 0 saturated carbocycles. The number of aromatic nitrogens is 1. The monoisotopic (exact) mass is 362 g/mol. The van der Waals surface area contributed by atoms with Gasteiger partial charge in [0.2, 0.25) is 0 Å². The van der Waals surface area contributed by atoms with Crippen molar-refractivity contribution in [3.8, 4) is 17.2 Å². The molecule has 26 heavy (non-hydrogen) atoms. The molecule has 0 bridgehead atoms. The summed E-state index contributed by atoms with van der Waals surface area (Å²) in [4.78, 5) is 27.4. The SMILES string of the molecule is N#Cc1cc(-c2cncc3cc(/C=C4\SC(=O)NC4=O)oc23)ccc1N. The van der Waals surface area contributed by atoms with E-state index in [2.05, 4.69) is 16.4 Å². The summed E-state index contributed by atoms with van der Waals surface area (Å²) < 4.78 is 5.87. The number of hydrogen-bond acceptors (Lipinski definition) is 7. The molecule has 0 atom stereocenters. The van der Waals surface area contributed by atoms with Crippen molar-refractivity contribution in [2.45, 2.75) is 0 Å². The van der Waals surface area contributed by atoms with Crippen LogP contribution in [0.2, 0.25) is 0 Å². The predicted molar refractivity (Wildman–Crippen MR) is 97.7 cm³/mol. The number of thioether (sulfide) groups is 1. The summed E-state index contributed by atoms with van der Waals surface area (Å²) in [5.74, 6) is -0.0199. The highest BCUT2D eigenvalue weighted by atomic mass is 32.2. The number of carbonyl (C=O) groups is 2. The van der Waals surface area contributed by atoms with E-state index in [-0.39, 0.29) is 4.91 Å². The van der Waals surface area contributed by atoms with E-state index in [4.69, 9.17) is 15.4 Å². The van der Waals surface area contributed by atoms with E-state index in [9.17, 15) is 9.59 Å². The number of rotatable bonds is 2. The van der Waals surface area contributed by atoms with Crippen LogP contribution in [0.25, 0.3) is 28.2 Å². The van der Waals surface area contributed by atoms with Crippen LogP contribution in [0.1, 0.15) is 11.3 Å². The third-order valence-electron chi connectivity index (χ3n) is 3.84. The predicted octanol–water partition coefficient (Wildman–Crippen LogP) is 3.27. The molecule has 1 saturated heterocycles. The van der Waals surface area contributed by atoms with Gasteiger partial charge in [0.25, 0.3) is 11.1 Å². The zero-order valence-corrected chi connectivity index (χ0v) is 14.0. The Hall–Kier alpha value is -3.57. The van der Waals surface area contributed by atoms with Gasteiger partial charge in [-0.1, -0.05) is 6.07 Å². The molecule has 0 radical (unpaired) electrons. The molecular formula is C18H10N4O3S. The molecule has 7 nitrogen and oxygen atoms in total. The van der Waals surface area contributed by atoms with Gasteiger partial charge in [-0.15, -0.1) is 0 Å². The summed E-state index contributed by atoms with van der Waals surface area (Å²) in [6, 6.07) is 8.90. The second-order valence-electron chi connectivity index (χ2n) is 5.52. The fraction of sp³-hybridized carbons (Fsp3) is 0. The lowest BCUT2D eigenvalue weighted by molar-refractivity contribution is -0.115. The van der Waals surface area contributed by atoms with Gasteiger partial charge in [-0.25, -0.2) is 0 Å². The first-order valence-corrected chi connectivity index (χ1v) is 8.29. The number of benzene rings is 1. The fourth-order valence-corrected chi connectivity index (χ4v) is 3.29. The highest BCUT2D eigenvalue weighted by Gasteiger charge is 2.25. The summed E-state index contributed by atoms with van der Waals surface area (Å²) in [6.45, 7) is 0. The zero-order chi connectivity index (χ0) is 18.3. The molecule has 4 rings (SSSR count). The van der Waals surface area contributed by atoms with E-state index in [1.54, 1.807) is 36.7 Å². The molecule has 1 aliphatic heterocycles. The number of nitrogen functional groups attached to an aromatic ring is 1. The average Bonchev–Trinajstić information content (AvgIpc) is 3.17. The van der Waals surface area contributed by atoms with Gasteiger partial charge in [-0.05, 0) is 35.5 Å². The molecule has 2 amide bonds. The van der Waals surface area contributed by atoms with Crippen molar-refractivity contribution in [2.24, 2.45) is 0 Å². The minimum Gasteiger partial charge on any atom is -0.456 e. The molecular weight excluding hydrogens is 352 g/mol. The molecule has 3 aromatic rings. The number of nitrogens with one attached hydrogen (secondary N) is 1. The second kappa shape index (κ2) is 6.06. The number of nitriles is 1. The van der Waals surface area contributed by atoms with Gasteiger partial charge in [0.1, 0.15) is 17.4 Å². The number of fused-ring (bicyclic) bond motifs is 1. The van der Waals surface area contributed by atoms with Crippen LogP contribution in [-0.2, 0) is 4.79 Å². The lowest BCUT2D eigenvalue weighted by Gasteiger charge is -2.04. The Morgan fingerprint density at radius 1 is 1.27 bits per heavy atom. The van der Waals surface area contributed by atoms with Crippen LogP contribution >= 0.6 is 11.8 Å². The Labute approximate surface area is 151 Å². The van der Waals surface area contributed by atoms with E-state index in [0.717, 1.165) is 22.7 Å². The maximum absolute atomic E-state index is 11.7. The van der Waals surface area contributed by atoms with Gasteiger partial charge in [0.05, 0.1) is 10.5 Å². The van der Waals surface area contributed by atoms with Gasteiger partial charge < -0.3 is 10.2 Å². The van der Waals surface area contributed by atoms with Gasteiger partial charge in [0.15, 0.2) is 0 Å². The lowest BCUT2D eigenvalue weighted by atomic mass is 10.0. The first-order valence-electron chi connectivity index (χ1n) is 7.47. The Kier molecular flexibility index (Phi) is 3.71. The van der Waals surface area contributed by atoms with Gasteiger partial charge >= 0.3 is 0 Å². The smallest absolute Gasteiger partial charge is 0.290 e. The van der Waals surface area contributed by atoms with Gasteiger partial charge in [-0.2, -0.15) is 5.26 Å². The highest BCUT2D eigenvalue weighted by molar-refractivity contribution is 8.18. The van der Waals surface area contributed by atoms with Crippen LogP contribution in [-0.4, -0.2) is 16.1 Å². The summed E-state index contributed by atoms with van der Waals surface area (Å²) in [7, 11) is 0. The van der Waals surface area contributed by atoms with Crippen LogP contribution < -0.4 is 11.1 Å². The normalized spacial score (nSPS) is 15.4. The van der Waals surface area contributed by atoms with E-state index in [0.29, 0.717) is 28.2 Å². The Balaban J connectivity index is 1.82. The minimum absolute atomic E-state index is 0.266. The summed E-state index contributed by atoms with van der Waals surface area (Å²) in [6.07, 6.45) is 4.79. The number of anilines is 1. The Bertz CT molecular complexity index is 1160. The molecule has 0 spiro atoms. The quantitative estimate of drug-likeness (QED) is 0.530. The number of amides is 2. The number of nitrogens with zero attached hydrogens (tertiary/aromatic N) is 2. The summed E-state index contributed by atoms with van der Waals surface area (Å²) in [5, 5.41) is 11.7. The number of pyridine rings is 1. The van der Waals surface area contributed by atoms with Crippen molar-refractivity contribution in [2.75, 3.05) is 5.73 Å². The van der Waals surface area contributed by atoms with Crippen LogP contribution in [0.3, 0.4) is 0 Å². The van der Waals surface area contributed by atoms with E-state index in [1.165, 1.54) is 6.08 Å². The van der Waals surface area contributed by atoms with Crippen molar-refractivity contribution in [3.63, 3.8) is 0 Å². The molecule has 0 aliphatic carbocycles. The standard InChI is InChI=1S/C18H10N4O3S/c19-6-10-3-9(1-2-14(10)20)13-8-21-7-11-4-12(25-16(11)13)5-15-17(23)22-18(24)26-15/h1-5,7-8H,20H2,(H,22,23,24)/b15-5-.